The summed E-state index contributed by atoms with van der Waals surface area (Å²) in [4.78, 5) is 28.3. The number of nitrogens with zero attached hydrogens (tertiary/aromatic N) is 3. The van der Waals surface area contributed by atoms with E-state index in [4.69, 9.17) is 4.74 Å². The minimum Gasteiger partial charge on any atom is -0.494 e. The van der Waals surface area contributed by atoms with Crippen molar-refractivity contribution in [3.63, 3.8) is 0 Å². The molecule has 0 bridgehead atoms. The number of nitro benzene ring substituents is 1. The van der Waals surface area contributed by atoms with Gasteiger partial charge in [-0.3, -0.25) is 14.9 Å². The van der Waals surface area contributed by atoms with Crippen molar-refractivity contribution in [3.8, 4) is 5.75 Å². The smallest absolute Gasteiger partial charge is 0.270 e. The molecule has 0 spiro atoms. The van der Waals surface area contributed by atoms with Crippen molar-refractivity contribution in [2.75, 3.05) is 32.8 Å². The predicted molar refractivity (Wildman–Crippen MR) is 117 cm³/mol. The molecule has 1 amide bonds. The summed E-state index contributed by atoms with van der Waals surface area (Å²) in [6.45, 7) is 3.09. The number of rotatable bonds is 6. The number of nitrogens with one attached hydrogen (secondary N) is 1. The van der Waals surface area contributed by atoms with Crippen molar-refractivity contribution < 1.29 is 22.9 Å². The highest BCUT2D eigenvalue weighted by Crippen LogP contribution is 2.26. The number of hydrogen-bond acceptors (Lipinski definition) is 6. The molecule has 168 valence electrons. The fraction of sp³-hybridized carbons (Fsp3) is 0.286. The van der Waals surface area contributed by atoms with Crippen LogP contribution in [-0.4, -0.2) is 66.2 Å². The summed E-state index contributed by atoms with van der Waals surface area (Å²) in [6, 6.07) is 10.6. The largest absolute Gasteiger partial charge is 0.494 e. The molecule has 11 heteroatoms. The van der Waals surface area contributed by atoms with Gasteiger partial charge in [0.1, 0.15) is 5.75 Å². The molecule has 10 nitrogen and oxygen atoms in total. The quantitative estimate of drug-likeness (QED) is 0.447. The van der Waals surface area contributed by atoms with Crippen molar-refractivity contribution in [1.29, 1.82) is 0 Å². The van der Waals surface area contributed by atoms with Crippen molar-refractivity contribution in [3.05, 3.63) is 64.3 Å². The summed E-state index contributed by atoms with van der Waals surface area (Å²) in [5, 5.41) is 11.5. The number of piperazine rings is 1. The van der Waals surface area contributed by atoms with E-state index in [2.05, 4.69) is 4.98 Å². The molecule has 1 fully saturated rings. The van der Waals surface area contributed by atoms with Gasteiger partial charge in [-0.25, -0.2) is 8.42 Å². The number of fused-ring (bicyclic) bond motifs is 1. The lowest BCUT2D eigenvalue weighted by Crippen LogP contribution is -2.50. The SMILES string of the molecule is CCOc1ccc(S(=O)(=O)N2CCN(C(=O)c3c[nH]c4ccc([N+](=O)[O-])cc34)CC2)cc1. The number of carbonyl (C=O) groups is 1. The molecule has 4 rings (SSSR count). The van der Waals surface area contributed by atoms with E-state index in [1.54, 1.807) is 23.1 Å². The van der Waals surface area contributed by atoms with E-state index >= 15 is 0 Å². The Kier molecular flexibility index (Phi) is 5.85. The van der Waals surface area contributed by atoms with E-state index in [0.717, 1.165) is 0 Å². The van der Waals surface area contributed by atoms with Crippen LogP contribution in [0.2, 0.25) is 0 Å². The first-order valence-electron chi connectivity index (χ1n) is 10.1. The lowest BCUT2D eigenvalue weighted by atomic mass is 10.1. The van der Waals surface area contributed by atoms with E-state index in [1.807, 2.05) is 6.92 Å². The van der Waals surface area contributed by atoms with Gasteiger partial charge in [-0.05, 0) is 37.3 Å². The topological polar surface area (TPSA) is 126 Å². The fourth-order valence-corrected chi connectivity index (χ4v) is 5.15. The van der Waals surface area contributed by atoms with Crippen LogP contribution in [0.25, 0.3) is 10.9 Å². The van der Waals surface area contributed by atoms with Gasteiger partial charge in [0, 0.05) is 55.4 Å². The zero-order chi connectivity index (χ0) is 22.9. The molecule has 1 aliphatic heterocycles. The Morgan fingerprint density at radius 3 is 2.44 bits per heavy atom. The molecule has 0 unspecified atom stereocenters. The third kappa shape index (κ3) is 4.04. The van der Waals surface area contributed by atoms with Crippen molar-refractivity contribution >= 4 is 32.5 Å². The Morgan fingerprint density at radius 2 is 1.81 bits per heavy atom. The molecule has 2 heterocycles. The van der Waals surface area contributed by atoms with E-state index in [0.29, 0.717) is 28.8 Å². The van der Waals surface area contributed by atoms with Gasteiger partial charge in [0.05, 0.1) is 22.0 Å². The number of ether oxygens (including phenoxy) is 1. The summed E-state index contributed by atoms with van der Waals surface area (Å²) in [6.07, 6.45) is 1.53. The molecule has 1 saturated heterocycles. The number of sulfonamides is 1. The first-order chi connectivity index (χ1) is 15.3. The van der Waals surface area contributed by atoms with Crippen LogP contribution < -0.4 is 4.74 Å². The van der Waals surface area contributed by atoms with E-state index < -0.39 is 14.9 Å². The van der Waals surface area contributed by atoms with Gasteiger partial charge in [-0.15, -0.1) is 0 Å². The number of aromatic amines is 1. The molecule has 1 aromatic heterocycles. The zero-order valence-corrected chi connectivity index (χ0v) is 18.2. The number of amides is 1. The second kappa shape index (κ2) is 8.60. The van der Waals surface area contributed by atoms with Gasteiger partial charge in [-0.2, -0.15) is 4.31 Å². The van der Waals surface area contributed by atoms with E-state index in [1.165, 1.54) is 34.8 Å². The molecule has 1 N–H and O–H groups in total. The fourth-order valence-electron chi connectivity index (χ4n) is 3.72. The average Bonchev–Trinajstić information content (AvgIpc) is 3.22. The van der Waals surface area contributed by atoms with Crippen molar-refractivity contribution in [1.82, 2.24) is 14.2 Å². The molecule has 3 aromatic rings. The van der Waals surface area contributed by atoms with Crippen LogP contribution in [0.4, 0.5) is 5.69 Å². The predicted octanol–water partition coefficient (Wildman–Crippen LogP) is 2.62. The number of benzene rings is 2. The monoisotopic (exact) mass is 458 g/mol. The average molecular weight is 458 g/mol. The zero-order valence-electron chi connectivity index (χ0n) is 17.4. The number of hydrogen-bond donors (Lipinski definition) is 1. The molecular weight excluding hydrogens is 436 g/mol. The van der Waals surface area contributed by atoms with Crippen LogP contribution in [0.5, 0.6) is 5.75 Å². The number of carbonyl (C=O) groups excluding carboxylic acids is 1. The first kappa shape index (κ1) is 21.8. The number of non-ortho nitro benzene ring substituents is 1. The molecule has 2 aromatic carbocycles. The van der Waals surface area contributed by atoms with Crippen LogP contribution in [0.3, 0.4) is 0 Å². The molecule has 0 saturated carbocycles. The standard InChI is InChI=1S/C21H22N4O6S/c1-2-31-16-4-6-17(7-5-16)32(29,30)24-11-9-23(10-12-24)21(26)19-14-22-20-8-3-15(25(27)28)13-18(19)20/h3-8,13-14,22H,2,9-12H2,1H3. The molecule has 32 heavy (non-hydrogen) atoms. The molecule has 0 atom stereocenters. The normalized spacial score (nSPS) is 15.1. The van der Waals surface area contributed by atoms with Gasteiger partial charge in [-0.1, -0.05) is 0 Å². The maximum atomic E-state index is 13.0. The van der Waals surface area contributed by atoms with E-state index in [-0.39, 0.29) is 42.7 Å². The Hall–Kier alpha value is -3.44. The minimum atomic E-state index is -3.69. The lowest BCUT2D eigenvalue weighted by Gasteiger charge is -2.34. The molecule has 0 aliphatic carbocycles. The Balaban J connectivity index is 1.47. The minimum absolute atomic E-state index is 0.0996. The third-order valence-corrected chi connectivity index (χ3v) is 7.32. The maximum absolute atomic E-state index is 13.0. The number of nitro groups is 1. The van der Waals surface area contributed by atoms with Gasteiger partial charge in [0.25, 0.3) is 11.6 Å². The molecule has 1 aliphatic rings. The summed E-state index contributed by atoms with van der Waals surface area (Å²) >= 11 is 0. The Morgan fingerprint density at radius 1 is 1.12 bits per heavy atom. The van der Waals surface area contributed by atoms with Crippen LogP contribution >= 0.6 is 0 Å². The molecule has 0 radical (unpaired) electrons. The summed E-state index contributed by atoms with van der Waals surface area (Å²) in [5.41, 5.74) is 0.847. The van der Waals surface area contributed by atoms with Crippen molar-refractivity contribution in [2.45, 2.75) is 11.8 Å². The van der Waals surface area contributed by atoms with Gasteiger partial charge in [0.2, 0.25) is 10.0 Å². The molecular formula is C21H22N4O6S. The van der Waals surface area contributed by atoms with Gasteiger partial charge < -0.3 is 14.6 Å². The highest BCUT2D eigenvalue weighted by atomic mass is 32.2. The third-order valence-electron chi connectivity index (χ3n) is 5.40. The van der Waals surface area contributed by atoms with Crippen LogP contribution in [0.1, 0.15) is 17.3 Å². The first-order valence-corrected chi connectivity index (χ1v) is 11.5. The summed E-state index contributed by atoms with van der Waals surface area (Å²) in [7, 11) is -3.69. The van der Waals surface area contributed by atoms with Crippen molar-refractivity contribution in [2.24, 2.45) is 0 Å². The Bertz CT molecular complexity index is 1260. The van der Waals surface area contributed by atoms with Crippen LogP contribution in [0, 0.1) is 10.1 Å². The lowest BCUT2D eigenvalue weighted by molar-refractivity contribution is -0.384. The van der Waals surface area contributed by atoms with Crippen LogP contribution in [-0.2, 0) is 10.0 Å². The van der Waals surface area contributed by atoms with E-state index in [9.17, 15) is 23.3 Å². The summed E-state index contributed by atoms with van der Waals surface area (Å²) in [5.74, 6) is 0.302. The second-order valence-electron chi connectivity index (χ2n) is 7.29. The number of aromatic nitrogens is 1. The second-order valence-corrected chi connectivity index (χ2v) is 9.23. The van der Waals surface area contributed by atoms with Gasteiger partial charge >= 0.3 is 0 Å². The highest BCUT2D eigenvalue weighted by Gasteiger charge is 2.31. The number of H-pyrrole nitrogens is 1. The highest BCUT2D eigenvalue weighted by molar-refractivity contribution is 7.89. The maximum Gasteiger partial charge on any atom is 0.270 e. The van der Waals surface area contributed by atoms with Gasteiger partial charge in [0.15, 0.2) is 0 Å². The van der Waals surface area contributed by atoms with Crippen LogP contribution in [0.15, 0.2) is 53.6 Å². The Labute approximate surface area is 184 Å². The summed E-state index contributed by atoms with van der Waals surface area (Å²) < 4.78 is 32.6.